The highest BCUT2D eigenvalue weighted by Gasteiger charge is 2.23. The molecule has 0 aliphatic heterocycles. The Bertz CT molecular complexity index is 616. The van der Waals surface area contributed by atoms with E-state index in [-0.39, 0.29) is 5.56 Å². The van der Waals surface area contributed by atoms with Gasteiger partial charge in [-0.3, -0.25) is 4.79 Å². The molecule has 4 nitrogen and oxygen atoms in total. The summed E-state index contributed by atoms with van der Waals surface area (Å²) in [5.41, 5.74) is 0.528. The highest BCUT2D eigenvalue weighted by atomic mass is 79.9. The van der Waals surface area contributed by atoms with Crippen molar-refractivity contribution < 1.29 is 9.18 Å². The summed E-state index contributed by atoms with van der Waals surface area (Å²) < 4.78 is 13.8. The van der Waals surface area contributed by atoms with Gasteiger partial charge in [0.25, 0.3) is 0 Å². The number of rotatable bonds is 4. The average molecular weight is 323 g/mol. The van der Waals surface area contributed by atoms with Crippen LogP contribution in [0, 0.1) is 10.9 Å². The lowest BCUT2D eigenvalue weighted by atomic mass is 9.99. The topological polar surface area (TPSA) is 59.4 Å². The fraction of sp³-hybridized carbons (Fsp3) is 0.0769. The molecule has 19 heavy (non-hydrogen) atoms. The van der Waals surface area contributed by atoms with Crippen LogP contribution in [-0.2, 0) is 0 Å². The first kappa shape index (κ1) is 13.5. The number of benzene rings is 1. The first-order valence-electron chi connectivity index (χ1n) is 5.35. The summed E-state index contributed by atoms with van der Waals surface area (Å²) >= 11 is 3.25. The molecule has 0 radical (unpaired) electrons. The number of aromatic nitrogens is 1. The maximum Gasteiger partial charge on any atom is 0.213 e. The molecular weight excluding hydrogens is 315 g/mol. The molecule has 2 rings (SSSR count). The zero-order valence-corrected chi connectivity index (χ0v) is 11.2. The molecule has 0 saturated carbocycles. The molecule has 6 heteroatoms. The van der Waals surface area contributed by atoms with E-state index in [4.69, 9.17) is 0 Å². The number of nitroso groups, excluding NO2 is 1. The molecule has 1 unspecified atom stereocenters. The first-order chi connectivity index (χ1) is 9.11. The Hall–Kier alpha value is -1.95. The van der Waals surface area contributed by atoms with Gasteiger partial charge in [0.05, 0.1) is 0 Å². The Morgan fingerprint density at radius 2 is 1.95 bits per heavy atom. The minimum atomic E-state index is -1.27. The molecular formula is C13H8BrFN2O2. The molecule has 0 bridgehead atoms. The van der Waals surface area contributed by atoms with Crippen molar-refractivity contribution in [3.05, 3.63) is 69.0 Å². The summed E-state index contributed by atoms with van der Waals surface area (Å²) in [5.74, 6) is -1.23. The molecule has 0 spiro atoms. The molecule has 0 aliphatic carbocycles. The molecule has 1 aromatic carbocycles. The van der Waals surface area contributed by atoms with Crippen LogP contribution in [0.2, 0.25) is 0 Å². The fourth-order valence-corrected chi connectivity index (χ4v) is 1.88. The average Bonchev–Trinajstić information content (AvgIpc) is 2.40. The van der Waals surface area contributed by atoms with Crippen molar-refractivity contribution in [2.24, 2.45) is 5.18 Å². The van der Waals surface area contributed by atoms with Gasteiger partial charge in [-0.1, -0.05) is 33.2 Å². The molecule has 96 valence electrons. The van der Waals surface area contributed by atoms with Crippen LogP contribution in [0.1, 0.15) is 22.0 Å². The number of halogens is 2. The summed E-state index contributed by atoms with van der Waals surface area (Å²) in [5, 5.41) is 2.79. The lowest BCUT2D eigenvalue weighted by Crippen LogP contribution is -2.11. The van der Waals surface area contributed by atoms with Crippen LogP contribution in [-0.4, -0.2) is 10.8 Å². The van der Waals surface area contributed by atoms with E-state index in [1.165, 1.54) is 12.3 Å². The Morgan fingerprint density at radius 1 is 1.26 bits per heavy atom. The largest absolute Gasteiger partial charge is 0.291 e. The molecule has 0 fully saturated rings. The van der Waals surface area contributed by atoms with Gasteiger partial charge in [-0.25, -0.2) is 4.98 Å². The molecule has 0 N–H and O–H groups in total. The number of ketones is 1. The van der Waals surface area contributed by atoms with Crippen molar-refractivity contribution in [1.82, 2.24) is 4.98 Å². The van der Waals surface area contributed by atoms with Gasteiger partial charge >= 0.3 is 0 Å². The zero-order chi connectivity index (χ0) is 13.8. The molecule has 1 atom stereocenters. The predicted molar refractivity (Wildman–Crippen MR) is 71.2 cm³/mol. The number of carbonyl (C=O) groups excluding carboxylic acids is 1. The lowest BCUT2D eigenvalue weighted by Gasteiger charge is -2.08. The van der Waals surface area contributed by atoms with Gasteiger partial charge in [0.15, 0.2) is 11.8 Å². The highest BCUT2D eigenvalue weighted by molar-refractivity contribution is 9.10. The molecule has 1 aromatic heterocycles. The van der Waals surface area contributed by atoms with Gasteiger partial charge in [0, 0.05) is 16.2 Å². The minimum Gasteiger partial charge on any atom is -0.291 e. The maximum absolute atomic E-state index is 13.0. The Kier molecular flexibility index (Phi) is 4.11. The standard InChI is InChI=1S/C13H8BrFN2O2/c14-10-3-1-8(2-4-10)13(18)12(17-19)9-5-6-16-11(15)7-9/h1-7,12H. The van der Waals surface area contributed by atoms with E-state index >= 15 is 0 Å². The normalized spacial score (nSPS) is 11.9. The van der Waals surface area contributed by atoms with Crippen LogP contribution < -0.4 is 0 Å². The Balaban J connectivity index is 2.34. The van der Waals surface area contributed by atoms with Crippen LogP contribution in [0.25, 0.3) is 0 Å². The monoisotopic (exact) mass is 322 g/mol. The van der Waals surface area contributed by atoms with E-state index in [2.05, 4.69) is 26.1 Å². The fourth-order valence-electron chi connectivity index (χ4n) is 1.62. The smallest absolute Gasteiger partial charge is 0.213 e. The van der Waals surface area contributed by atoms with Crippen molar-refractivity contribution in [3.63, 3.8) is 0 Å². The van der Waals surface area contributed by atoms with Gasteiger partial charge in [-0.15, -0.1) is 4.91 Å². The quantitative estimate of drug-likeness (QED) is 0.490. The van der Waals surface area contributed by atoms with E-state index in [1.54, 1.807) is 24.3 Å². The van der Waals surface area contributed by atoms with Crippen molar-refractivity contribution in [2.75, 3.05) is 0 Å². The molecule has 2 aromatic rings. The lowest BCUT2D eigenvalue weighted by molar-refractivity contribution is 0.0961. The van der Waals surface area contributed by atoms with Crippen LogP contribution in [0.5, 0.6) is 0 Å². The molecule has 0 aliphatic rings. The van der Waals surface area contributed by atoms with Gasteiger partial charge in [0.2, 0.25) is 5.95 Å². The van der Waals surface area contributed by atoms with Crippen LogP contribution >= 0.6 is 15.9 Å². The van der Waals surface area contributed by atoms with E-state index in [0.717, 1.165) is 10.5 Å². The predicted octanol–water partition coefficient (Wildman–Crippen LogP) is 3.67. The summed E-state index contributed by atoms with van der Waals surface area (Å²) in [7, 11) is 0. The highest BCUT2D eigenvalue weighted by Crippen LogP contribution is 2.23. The second-order valence-corrected chi connectivity index (χ2v) is 4.71. The van der Waals surface area contributed by atoms with Gasteiger partial charge < -0.3 is 0 Å². The van der Waals surface area contributed by atoms with E-state index in [1.807, 2.05) is 0 Å². The van der Waals surface area contributed by atoms with E-state index < -0.39 is 17.8 Å². The summed E-state index contributed by atoms with van der Waals surface area (Å²) in [4.78, 5) is 26.4. The van der Waals surface area contributed by atoms with Crippen LogP contribution in [0.3, 0.4) is 0 Å². The Labute approximate surface area is 116 Å². The van der Waals surface area contributed by atoms with Gasteiger partial charge in [-0.05, 0) is 29.8 Å². The van der Waals surface area contributed by atoms with Crippen molar-refractivity contribution in [2.45, 2.75) is 6.04 Å². The number of nitrogens with zero attached hydrogens (tertiary/aromatic N) is 2. The van der Waals surface area contributed by atoms with Crippen LogP contribution in [0.4, 0.5) is 4.39 Å². The third kappa shape index (κ3) is 3.08. The van der Waals surface area contributed by atoms with Crippen LogP contribution in [0.15, 0.2) is 52.2 Å². The number of hydrogen-bond acceptors (Lipinski definition) is 4. The molecule has 1 heterocycles. The second kappa shape index (κ2) is 5.79. The third-order valence-corrected chi connectivity index (χ3v) is 3.08. The molecule has 0 saturated heterocycles. The summed E-state index contributed by atoms with van der Waals surface area (Å²) in [6.07, 6.45) is 1.19. The number of Topliss-reactive ketones (excluding diaryl/α,β-unsaturated/α-hetero) is 1. The maximum atomic E-state index is 13.0. The molecule has 0 amide bonds. The van der Waals surface area contributed by atoms with E-state index in [0.29, 0.717) is 5.56 Å². The SMILES string of the molecule is O=NC(C(=O)c1ccc(Br)cc1)c1ccnc(F)c1. The third-order valence-electron chi connectivity index (χ3n) is 2.55. The van der Waals surface area contributed by atoms with Crippen molar-refractivity contribution in [3.8, 4) is 0 Å². The van der Waals surface area contributed by atoms with E-state index in [9.17, 15) is 14.1 Å². The van der Waals surface area contributed by atoms with Gasteiger partial charge in [0.1, 0.15) is 0 Å². The summed E-state index contributed by atoms with van der Waals surface area (Å²) in [6, 6.07) is 7.67. The second-order valence-electron chi connectivity index (χ2n) is 3.79. The minimum absolute atomic E-state index is 0.190. The number of carbonyl (C=O) groups is 1. The first-order valence-corrected chi connectivity index (χ1v) is 6.15. The Morgan fingerprint density at radius 3 is 2.53 bits per heavy atom. The summed E-state index contributed by atoms with van der Waals surface area (Å²) in [6.45, 7) is 0. The zero-order valence-electron chi connectivity index (χ0n) is 9.59. The number of hydrogen-bond donors (Lipinski definition) is 0. The van der Waals surface area contributed by atoms with Crippen molar-refractivity contribution >= 4 is 21.7 Å². The van der Waals surface area contributed by atoms with Crippen molar-refractivity contribution in [1.29, 1.82) is 0 Å². The number of pyridine rings is 1. The van der Waals surface area contributed by atoms with Gasteiger partial charge in [-0.2, -0.15) is 4.39 Å².